The first-order valence-corrected chi connectivity index (χ1v) is 28.6. The van der Waals surface area contributed by atoms with Crippen molar-refractivity contribution in [1.29, 1.82) is 0 Å². The Kier molecular flexibility index (Phi) is 18.3. The summed E-state index contributed by atoms with van der Waals surface area (Å²) in [5.41, 5.74) is 3.79. The first-order chi connectivity index (χ1) is 37.7. The lowest BCUT2D eigenvalue weighted by molar-refractivity contribution is -0.147. The molecule has 6 aliphatic rings. The van der Waals surface area contributed by atoms with Gasteiger partial charge in [-0.05, 0) is 114 Å². The third kappa shape index (κ3) is 12.8. The van der Waals surface area contributed by atoms with Gasteiger partial charge in [-0.3, -0.25) is 38.4 Å². The van der Waals surface area contributed by atoms with Crippen LogP contribution in [0.1, 0.15) is 125 Å². The molecule has 9 rings (SSSR count). The molecule has 6 N–H and O–H groups in total. The predicted octanol–water partition coefficient (Wildman–Crippen LogP) is 3.05. The monoisotopic (exact) mass is 1070 g/mol. The summed E-state index contributed by atoms with van der Waals surface area (Å²) >= 11 is 0. The first-order valence-electron chi connectivity index (χ1n) is 28.6. The Morgan fingerprint density at radius 3 is 1.24 bits per heavy atom. The van der Waals surface area contributed by atoms with Crippen LogP contribution in [0, 0.1) is 0 Å². The van der Waals surface area contributed by atoms with Crippen LogP contribution in [0.15, 0.2) is 84.9 Å². The number of carbonyl (C=O) groups excluding carboxylic acids is 8. The number of benzene rings is 3. The highest BCUT2D eigenvalue weighted by molar-refractivity contribution is 5.96. The SMILES string of the molecule is CN[C@@H](C)C(=O)N[C@H]1CN(C(=O)Cc2ccc(CC(=O)N3CC[C@H]4CC[C@@H](C(=O)N[C@@H]5CCC[C@@H]5c5ccccc5)N4C(=O)[C@@H](NC(=O)[C@H](C)NC)C3)cc2)CC[C@H]2CC[C@@H](C(=O)N[C@H]3CCC[C@@H]3c3ccccc3)N2C1=O. The summed E-state index contributed by atoms with van der Waals surface area (Å²) in [7, 11) is 3.31. The lowest BCUT2D eigenvalue weighted by Crippen LogP contribution is -2.62. The van der Waals surface area contributed by atoms with Gasteiger partial charge < -0.3 is 51.5 Å². The fraction of sp³-hybridized carbons (Fsp3) is 0.567. The van der Waals surface area contributed by atoms with E-state index in [0.717, 1.165) is 38.5 Å². The largest absolute Gasteiger partial charge is 0.351 e. The standard InChI is InChI=1S/C60H80N10O8/c1-37(61-3)55(73)65-49-35-67(31-29-43-25-27-51(69(43)59(49)77)57(75)63-47-19-11-17-45(47)41-13-7-5-8-14-41)53(71)33-39-21-23-40(24-22-39)34-54(72)68-32-30-44-26-28-52(70(44)60(78)50(36-68)66-56(74)38(2)62-4)58(76)64-48-20-12-18-46(48)42-15-9-6-10-16-42/h5-10,13-16,21-24,37-38,43-52,61-62H,11-12,17-20,25-36H2,1-4H3,(H,63,75)(H,64,76)(H,65,73)(H,66,74)/t37-,38-,43+,44+,45+,46+,47-,48+,49-,50-,51-,52-/m0/s1. The number of carbonyl (C=O) groups is 8. The molecule has 4 aliphatic heterocycles. The quantitative estimate of drug-likeness (QED) is 0.123. The van der Waals surface area contributed by atoms with Crippen molar-refractivity contribution in [3.63, 3.8) is 0 Å². The molecule has 18 nitrogen and oxygen atoms in total. The predicted molar refractivity (Wildman–Crippen MR) is 294 cm³/mol. The minimum absolute atomic E-state index is 0.0191. The number of nitrogens with one attached hydrogen (secondary N) is 6. The van der Waals surface area contributed by atoms with Gasteiger partial charge in [-0.1, -0.05) is 97.8 Å². The average molecular weight is 1070 g/mol. The Hall–Kier alpha value is -6.66. The number of rotatable bonds is 16. The maximum absolute atomic E-state index is 14.7. The summed E-state index contributed by atoms with van der Waals surface area (Å²) in [6.07, 6.45) is 8.83. The topological polar surface area (TPSA) is 222 Å². The van der Waals surface area contributed by atoms with Gasteiger partial charge in [0.15, 0.2) is 0 Å². The van der Waals surface area contributed by atoms with Crippen molar-refractivity contribution in [2.24, 2.45) is 0 Å². The molecule has 4 heterocycles. The number of fused-ring (bicyclic) bond motifs is 2. The molecule has 12 atom stereocenters. The molecule has 4 saturated heterocycles. The first kappa shape index (κ1) is 56.1. The van der Waals surface area contributed by atoms with E-state index in [9.17, 15) is 38.4 Å². The van der Waals surface area contributed by atoms with Crippen LogP contribution in [0.4, 0.5) is 0 Å². The normalized spacial score (nSPS) is 28.1. The molecule has 3 aromatic carbocycles. The van der Waals surface area contributed by atoms with Crippen LogP contribution >= 0.6 is 0 Å². The number of hydrogen-bond donors (Lipinski definition) is 6. The highest BCUT2D eigenvalue weighted by Crippen LogP contribution is 2.38. The molecule has 0 bridgehead atoms. The molecule has 3 aromatic rings. The lowest BCUT2D eigenvalue weighted by atomic mass is 9.94. The van der Waals surface area contributed by atoms with Gasteiger partial charge in [0.25, 0.3) is 0 Å². The molecule has 18 heteroatoms. The van der Waals surface area contributed by atoms with Gasteiger partial charge in [0.05, 0.1) is 24.9 Å². The van der Waals surface area contributed by atoms with Crippen molar-refractivity contribution in [3.05, 3.63) is 107 Å². The zero-order valence-electron chi connectivity index (χ0n) is 45.8. The van der Waals surface area contributed by atoms with Crippen LogP contribution in [0.25, 0.3) is 0 Å². The fourth-order valence-corrected chi connectivity index (χ4v) is 13.2. The minimum Gasteiger partial charge on any atom is -0.351 e. The Morgan fingerprint density at radius 2 is 0.872 bits per heavy atom. The van der Waals surface area contributed by atoms with E-state index in [4.69, 9.17) is 0 Å². The van der Waals surface area contributed by atoms with E-state index in [0.29, 0.717) is 62.7 Å². The highest BCUT2D eigenvalue weighted by atomic mass is 16.2. The molecule has 2 saturated carbocycles. The van der Waals surface area contributed by atoms with Crippen LogP contribution in [0.3, 0.4) is 0 Å². The van der Waals surface area contributed by atoms with Gasteiger partial charge in [-0.15, -0.1) is 0 Å². The summed E-state index contributed by atoms with van der Waals surface area (Å²) in [4.78, 5) is 119. The second kappa shape index (κ2) is 25.4. The van der Waals surface area contributed by atoms with Gasteiger partial charge in [0.1, 0.15) is 24.2 Å². The molecular formula is C60H80N10O8. The molecule has 78 heavy (non-hydrogen) atoms. The summed E-state index contributed by atoms with van der Waals surface area (Å²) in [6, 6.07) is 22.3. The Morgan fingerprint density at radius 1 is 0.487 bits per heavy atom. The minimum atomic E-state index is -1.07. The van der Waals surface area contributed by atoms with Crippen molar-refractivity contribution in [3.8, 4) is 0 Å². The third-order valence-corrected chi connectivity index (χ3v) is 17.9. The Labute approximate surface area is 458 Å². The zero-order chi connectivity index (χ0) is 55.0. The van der Waals surface area contributed by atoms with Crippen molar-refractivity contribution in [2.45, 2.75) is 176 Å². The summed E-state index contributed by atoms with van der Waals surface area (Å²) in [6.45, 7) is 3.93. The van der Waals surface area contributed by atoms with E-state index >= 15 is 0 Å². The number of amides is 8. The van der Waals surface area contributed by atoms with E-state index in [-0.39, 0.29) is 109 Å². The van der Waals surface area contributed by atoms with E-state index in [1.54, 1.807) is 47.5 Å². The molecule has 2 aliphatic carbocycles. The van der Waals surface area contributed by atoms with Gasteiger partial charge >= 0.3 is 0 Å². The maximum Gasteiger partial charge on any atom is 0.247 e. The average Bonchev–Trinajstić information content (AvgIpc) is 4.42. The van der Waals surface area contributed by atoms with Crippen molar-refractivity contribution in [1.82, 2.24) is 51.5 Å². The van der Waals surface area contributed by atoms with Crippen molar-refractivity contribution < 1.29 is 38.4 Å². The van der Waals surface area contributed by atoms with Crippen LogP contribution < -0.4 is 31.9 Å². The van der Waals surface area contributed by atoms with Gasteiger partial charge in [0, 0.05) is 62.2 Å². The van der Waals surface area contributed by atoms with Gasteiger partial charge in [0.2, 0.25) is 47.3 Å². The number of nitrogens with zero attached hydrogens (tertiary/aromatic N) is 4. The van der Waals surface area contributed by atoms with Crippen LogP contribution in [0.2, 0.25) is 0 Å². The van der Waals surface area contributed by atoms with Crippen LogP contribution in [0.5, 0.6) is 0 Å². The molecular weight excluding hydrogens is 989 g/mol. The smallest absolute Gasteiger partial charge is 0.247 e. The third-order valence-electron chi connectivity index (χ3n) is 17.9. The van der Waals surface area contributed by atoms with E-state index in [1.165, 1.54) is 11.1 Å². The lowest BCUT2D eigenvalue weighted by Gasteiger charge is -2.39. The second-order valence-corrected chi connectivity index (χ2v) is 22.7. The second-order valence-electron chi connectivity index (χ2n) is 22.7. The molecule has 0 aromatic heterocycles. The Balaban J connectivity index is 0.832. The van der Waals surface area contributed by atoms with Crippen LogP contribution in [-0.4, -0.2) is 168 Å². The molecule has 8 amide bonds. The number of hydrogen-bond acceptors (Lipinski definition) is 10. The van der Waals surface area contributed by atoms with Gasteiger partial charge in [-0.2, -0.15) is 0 Å². The summed E-state index contributed by atoms with van der Waals surface area (Å²) in [5, 5.41) is 18.3. The zero-order valence-corrected chi connectivity index (χ0v) is 45.8. The molecule has 0 unspecified atom stereocenters. The van der Waals surface area contributed by atoms with Gasteiger partial charge in [-0.25, -0.2) is 0 Å². The molecule has 418 valence electrons. The highest BCUT2D eigenvalue weighted by Gasteiger charge is 2.48. The summed E-state index contributed by atoms with van der Waals surface area (Å²) < 4.78 is 0. The van der Waals surface area contributed by atoms with Crippen molar-refractivity contribution >= 4 is 47.3 Å². The van der Waals surface area contributed by atoms with Crippen molar-refractivity contribution in [2.75, 3.05) is 40.3 Å². The maximum atomic E-state index is 14.7. The van der Waals surface area contributed by atoms with E-state index in [1.807, 2.05) is 60.7 Å². The fourth-order valence-electron chi connectivity index (χ4n) is 13.2. The molecule has 0 radical (unpaired) electrons. The number of likely N-dealkylation sites (N-methyl/N-ethyl adjacent to an activating group) is 2. The van der Waals surface area contributed by atoms with E-state index in [2.05, 4.69) is 56.2 Å². The van der Waals surface area contributed by atoms with E-state index < -0.39 is 36.3 Å². The molecule has 6 fully saturated rings. The Bertz CT molecular complexity index is 2460. The molecule has 0 spiro atoms. The summed E-state index contributed by atoms with van der Waals surface area (Å²) in [5.74, 6) is -1.93. The van der Waals surface area contributed by atoms with Crippen LogP contribution in [-0.2, 0) is 51.2 Å².